The molecule has 4 N–H and O–H groups in total. The summed E-state index contributed by atoms with van der Waals surface area (Å²) in [6.07, 6.45) is 0. The minimum Gasteiger partial charge on any atom is -0.507 e. The molecule has 4 nitrogen and oxygen atoms in total. The van der Waals surface area contributed by atoms with Crippen molar-refractivity contribution in [3.05, 3.63) is 92.9 Å². The quantitative estimate of drug-likeness (QED) is 0.162. The molecule has 4 aromatic carbocycles. The van der Waals surface area contributed by atoms with Crippen molar-refractivity contribution in [1.82, 2.24) is 0 Å². The zero-order chi connectivity index (χ0) is 23.4. The van der Waals surface area contributed by atoms with Gasteiger partial charge in [0, 0.05) is 11.1 Å². The summed E-state index contributed by atoms with van der Waals surface area (Å²) >= 11 is 21.9. The fourth-order valence-electron chi connectivity index (χ4n) is 2.88. The Labute approximate surface area is 204 Å². The van der Waals surface area contributed by atoms with E-state index in [4.69, 9.17) is 56.6 Å². The van der Waals surface area contributed by atoms with Crippen molar-refractivity contribution in [1.29, 1.82) is 0 Å². The molecule has 0 fully saturated rings. The van der Waals surface area contributed by atoms with E-state index in [0.717, 1.165) is 11.1 Å². The summed E-state index contributed by atoms with van der Waals surface area (Å²) in [5.74, 6) is -0.557. The first-order valence-electron chi connectivity index (χ1n) is 9.13. The van der Waals surface area contributed by atoms with Crippen LogP contribution in [0.5, 0.6) is 23.0 Å². The molecule has 0 amide bonds. The van der Waals surface area contributed by atoms with E-state index in [0.29, 0.717) is 11.1 Å². The van der Waals surface area contributed by atoms with Crippen LogP contribution in [0.2, 0.25) is 20.1 Å². The van der Waals surface area contributed by atoms with E-state index in [1.54, 1.807) is 12.1 Å². The average molecular weight is 510 g/mol. The lowest BCUT2D eigenvalue weighted by Crippen LogP contribution is -1.83. The molecule has 0 saturated carbocycles. The first kappa shape index (κ1) is 23.9. The number of phenolic OH excluding ortho intramolecular Hbond substituents is 4. The third-order valence-electron chi connectivity index (χ3n) is 4.50. The molecule has 32 heavy (non-hydrogen) atoms. The zero-order valence-corrected chi connectivity index (χ0v) is 19.3. The maximum atomic E-state index is 10.2. The van der Waals surface area contributed by atoms with Gasteiger partial charge < -0.3 is 20.4 Å². The molecule has 0 unspecified atom stereocenters. The number of halogens is 4. The first-order valence-corrected chi connectivity index (χ1v) is 10.6. The molecule has 0 heterocycles. The molecular weight excluding hydrogens is 494 g/mol. The second-order valence-corrected chi connectivity index (χ2v) is 8.08. The maximum absolute atomic E-state index is 10.2. The summed E-state index contributed by atoms with van der Waals surface area (Å²) in [6.45, 7) is 0. The van der Waals surface area contributed by atoms with Crippen molar-refractivity contribution < 1.29 is 20.4 Å². The summed E-state index contributed by atoms with van der Waals surface area (Å²) in [5, 5.41) is 37.9. The largest absolute Gasteiger partial charge is 0.507 e. The van der Waals surface area contributed by atoms with Crippen LogP contribution in [0.4, 0.5) is 0 Å². The van der Waals surface area contributed by atoms with Crippen molar-refractivity contribution in [3.63, 3.8) is 0 Å². The van der Waals surface area contributed by atoms with Gasteiger partial charge in [0.25, 0.3) is 0 Å². The Hall–Kier alpha value is -2.76. The Morgan fingerprint density at radius 3 is 1.00 bits per heavy atom. The predicted octanol–water partition coefficient (Wildman–Crippen LogP) is 8.14. The van der Waals surface area contributed by atoms with Crippen molar-refractivity contribution in [2.45, 2.75) is 0 Å². The van der Waals surface area contributed by atoms with Crippen molar-refractivity contribution >= 4 is 46.4 Å². The van der Waals surface area contributed by atoms with Gasteiger partial charge in [-0.05, 0) is 23.3 Å². The van der Waals surface area contributed by atoms with E-state index < -0.39 is 11.5 Å². The van der Waals surface area contributed by atoms with Crippen LogP contribution in [0, 0.1) is 0 Å². The second kappa shape index (κ2) is 10.2. The van der Waals surface area contributed by atoms with Crippen LogP contribution >= 0.6 is 46.4 Å². The van der Waals surface area contributed by atoms with Crippen molar-refractivity contribution in [2.24, 2.45) is 0 Å². The molecule has 8 heteroatoms. The Morgan fingerprint density at radius 2 is 0.719 bits per heavy atom. The minimum atomic E-state index is -0.439. The first-order chi connectivity index (χ1) is 15.2. The third-order valence-corrected chi connectivity index (χ3v) is 6.17. The summed E-state index contributed by atoms with van der Waals surface area (Å²) in [4.78, 5) is 0. The number of rotatable bonds is 2. The van der Waals surface area contributed by atoms with Crippen LogP contribution in [0.15, 0.2) is 72.8 Å². The third kappa shape index (κ3) is 5.00. The highest BCUT2D eigenvalue weighted by Crippen LogP contribution is 2.48. The molecule has 0 aliphatic carbocycles. The number of aromatic hydroxyl groups is 4. The SMILES string of the molecule is Oc1c(Cl)c(Cl)c(O)c(Cl)c1Cl.Oc1cc(-c2ccccc2)c(O)cc1-c1ccccc1. The highest BCUT2D eigenvalue weighted by Gasteiger charge is 2.18. The molecule has 0 aliphatic rings. The van der Waals surface area contributed by atoms with Gasteiger partial charge in [-0.15, -0.1) is 0 Å². The molecule has 0 bridgehead atoms. The molecule has 4 aromatic rings. The van der Waals surface area contributed by atoms with E-state index in [2.05, 4.69) is 0 Å². The Kier molecular flexibility index (Phi) is 7.64. The van der Waals surface area contributed by atoms with Crippen molar-refractivity contribution in [3.8, 4) is 45.3 Å². The fourth-order valence-corrected chi connectivity index (χ4v) is 3.72. The molecule has 164 valence electrons. The lowest BCUT2D eigenvalue weighted by Gasteiger charge is -2.10. The molecule has 0 atom stereocenters. The van der Waals surface area contributed by atoms with Gasteiger partial charge in [-0.3, -0.25) is 0 Å². The van der Waals surface area contributed by atoms with Gasteiger partial charge in [-0.25, -0.2) is 0 Å². The Morgan fingerprint density at radius 1 is 0.438 bits per heavy atom. The van der Waals surface area contributed by atoms with Crippen LogP contribution in [0.3, 0.4) is 0 Å². The Balaban J connectivity index is 0.000000207. The summed E-state index contributed by atoms with van der Waals surface area (Å²) in [7, 11) is 0. The zero-order valence-electron chi connectivity index (χ0n) is 16.2. The summed E-state index contributed by atoms with van der Waals surface area (Å²) < 4.78 is 0. The lowest BCUT2D eigenvalue weighted by molar-refractivity contribution is 0.461. The van der Waals surface area contributed by atoms with E-state index in [1.807, 2.05) is 60.7 Å². The molecule has 0 aromatic heterocycles. The highest BCUT2D eigenvalue weighted by molar-refractivity contribution is 6.50. The van der Waals surface area contributed by atoms with Crippen LogP contribution < -0.4 is 0 Å². The second-order valence-electron chi connectivity index (χ2n) is 6.57. The van der Waals surface area contributed by atoms with Gasteiger partial charge in [0.1, 0.15) is 31.6 Å². The number of phenols is 4. The van der Waals surface area contributed by atoms with Gasteiger partial charge in [0.15, 0.2) is 11.5 Å². The molecular formula is C24H16Cl4O4. The molecule has 4 rings (SSSR count). The average Bonchev–Trinajstić information content (AvgIpc) is 2.83. The summed E-state index contributed by atoms with van der Waals surface area (Å²) in [6, 6.07) is 22.2. The molecule has 0 aliphatic heterocycles. The topological polar surface area (TPSA) is 80.9 Å². The van der Waals surface area contributed by atoms with Crippen LogP contribution in [0.1, 0.15) is 0 Å². The molecule has 0 radical (unpaired) electrons. The van der Waals surface area contributed by atoms with Gasteiger partial charge in [0.2, 0.25) is 0 Å². The number of hydrogen-bond donors (Lipinski definition) is 4. The van der Waals surface area contributed by atoms with Gasteiger partial charge in [0.05, 0.1) is 0 Å². The van der Waals surface area contributed by atoms with E-state index in [9.17, 15) is 10.2 Å². The lowest BCUT2D eigenvalue weighted by atomic mass is 9.98. The normalized spacial score (nSPS) is 10.4. The number of benzene rings is 4. The summed E-state index contributed by atoms with van der Waals surface area (Å²) in [5.41, 5.74) is 3.00. The molecule has 0 spiro atoms. The van der Waals surface area contributed by atoms with Crippen LogP contribution in [-0.4, -0.2) is 20.4 Å². The minimum absolute atomic E-state index is 0.160. The maximum Gasteiger partial charge on any atom is 0.156 e. The van der Waals surface area contributed by atoms with Crippen molar-refractivity contribution in [2.75, 3.05) is 0 Å². The van der Waals surface area contributed by atoms with E-state index >= 15 is 0 Å². The van der Waals surface area contributed by atoms with E-state index in [-0.39, 0.29) is 31.6 Å². The van der Waals surface area contributed by atoms with Gasteiger partial charge in [-0.1, -0.05) is 107 Å². The van der Waals surface area contributed by atoms with Crippen LogP contribution in [-0.2, 0) is 0 Å². The van der Waals surface area contributed by atoms with Gasteiger partial charge in [-0.2, -0.15) is 0 Å². The van der Waals surface area contributed by atoms with Gasteiger partial charge >= 0.3 is 0 Å². The van der Waals surface area contributed by atoms with Crippen LogP contribution in [0.25, 0.3) is 22.3 Å². The van der Waals surface area contributed by atoms with E-state index in [1.165, 1.54) is 0 Å². The predicted molar refractivity (Wildman–Crippen MR) is 130 cm³/mol. The number of hydrogen-bond acceptors (Lipinski definition) is 4. The highest BCUT2D eigenvalue weighted by atomic mass is 35.5. The smallest absolute Gasteiger partial charge is 0.156 e. The fraction of sp³-hybridized carbons (Fsp3) is 0. The Bertz CT molecular complexity index is 1080. The monoisotopic (exact) mass is 508 g/mol. The molecule has 0 saturated heterocycles. The standard InChI is InChI=1S/C18H14O2.C6H2Cl4O2/c19-17-12-16(14-9-5-2-6-10-14)18(20)11-15(17)13-7-3-1-4-8-13;7-1-2(8)6(12)4(10)3(9)5(1)11/h1-12,19-20H;11-12H.